The second-order valence-electron chi connectivity index (χ2n) is 14.9. The molecule has 5 unspecified atom stereocenters. The molecule has 0 saturated carbocycles. The maximum absolute atomic E-state index is 14.2. The van der Waals surface area contributed by atoms with E-state index in [1.807, 2.05) is 41.5 Å². The van der Waals surface area contributed by atoms with E-state index >= 15 is 0 Å². The molecule has 2 aromatic rings. The largest absolute Gasteiger partial charge is 0.464 e. The first-order valence-corrected chi connectivity index (χ1v) is 18.4. The Morgan fingerprint density at radius 3 is 2.19 bits per heavy atom. The normalized spacial score (nSPS) is 17.9. The predicted octanol–water partition coefficient (Wildman–Crippen LogP) is 4.68. The van der Waals surface area contributed by atoms with Gasteiger partial charge in [-0.1, -0.05) is 58.7 Å². The van der Waals surface area contributed by atoms with Gasteiger partial charge >= 0.3 is 18.1 Å². The van der Waals surface area contributed by atoms with E-state index in [0.29, 0.717) is 22.9 Å². The first-order chi connectivity index (χ1) is 25.1. The van der Waals surface area contributed by atoms with Crippen molar-refractivity contribution in [2.24, 2.45) is 5.41 Å². The number of piperidine rings is 1. The van der Waals surface area contributed by atoms with E-state index < -0.39 is 47.4 Å². The van der Waals surface area contributed by atoms with E-state index in [4.69, 9.17) is 19.9 Å². The third-order valence-electron chi connectivity index (χ3n) is 9.27. The quantitative estimate of drug-likeness (QED) is 0.0855. The molecule has 1 fully saturated rings. The third-order valence-corrected chi connectivity index (χ3v) is 9.27. The van der Waals surface area contributed by atoms with Crippen molar-refractivity contribution in [3.05, 3.63) is 36.0 Å². The summed E-state index contributed by atoms with van der Waals surface area (Å²) in [5, 5.41) is 26.3. The number of esters is 1. The summed E-state index contributed by atoms with van der Waals surface area (Å²) >= 11 is 0. The van der Waals surface area contributed by atoms with Crippen molar-refractivity contribution in [3.63, 3.8) is 0 Å². The molecule has 4 amide bonds. The highest BCUT2D eigenvalue weighted by molar-refractivity contribution is 5.95. The molecule has 53 heavy (non-hydrogen) atoms. The predicted molar refractivity (Wildman–Crippen MR) is 195 cm³/mol. The summed E-state index contributed by atoms with van der Waals surface area (Å²) in [4.78, 5) is 74.2. The van der Waals surface area contributed by atoms with Crippen LogP contribution in [-0.4, -0.2) is 106 Å². The average molecular weight is 747 g/mol. The van der Waals surface area contributed by atoms with Gasteiger partial charge in [-0.05, 0) is 63.0 Å². The molecule has 3 rings (SSSR count). The number of fused-ring (bicyclic) bond motifs is 1. The second-order valence-corrected chi connectivity index (χ2v) is 14.9. The lowest BCUT2D eigenvalue weighted by molar-refractivity contribution is -0.492. The fourth-order valence-corrected chi connectivity index (χ4v) is 6.64. The molecule has 0 radical (unpaired) electrons. The molecule has 16 heteroatoms. The Bertz CT molecular complexity index is 1530. The van der Waals surface area contributed by atoms with Crippen LogP contribution in [0.2, 0.25) is 0 Å². The van der Waals surface area contributed by atoms with Gasteiger partial charge in [0.15, 0.2) is 0 Å². The number of urea groups is 1. The number of likely N-dealkylation sites (tertiary alicyclic amines) is 1. The molecule has 1 aliphatic rings. The van der Waals surface area contributed by atoms with Crippen LogP contribution in [0.15, 0.2) is 30.5 Å². The van der Waals surface area contributed by atoms with Gasteiger partial charge in [0.25, 0.3) is 0 Å². The van der Waals surface area contributed by atoms with Crippen LogP contribution in [0, 0.1) is 5.41 Å². The lowest BCUT2D eigenvalue weighted by Gasteiger charge is -2.40. The lowest BCUT2D eigenvalue weighted by atomic mass is 9.87. The molecular formula is C37H58N6O10. The van der Waals surface area contributed by atoms with Crippen molar-refractivity contribution in [1.29, 1.82) is 0 Å². The lowest BCUT2D eigenvalue weighted by Crippen LogP contribution is -2.60. The molecule has 1 aliphatic heterocycles. The van der Waals surface area contributed by atoms with Gasteiger partial charge in [-0.25, -0.2) is 14.4 Å². The summed E-state index contributed by atoms with van der Waals surface area (Å²) in [6, 6.07) is 3.44. The van der Waals surface area contributed by atoms with E-state index in [1.165, 1.54) is 11.7 Å². The zero-order chi connectivity index (χ0) is 39.3. The zero-order valence-corrected chi connectivity index (χ0v) is 32.1. The summed E-state index contributed by atoms with van der Waals surface area (Å²) in [5.74, 6) is -1.94. The fourth-order valence-electron chi connectivity index (χ4n) is 6.64. The Morgan fingerprint density at radius 1 is 0.925 bits per heavy atom. The molecule has 5 atom stereocenters. The summed E-state index contributed by atoms with van der Waals surface area (Å²) in [6.45, 7) is 11.5. The second kappa shape index (κ2) is 20.3. The SMILES string of the molecule is CCCCC(NC(=O)C(Cc1cn(C(=O)OC)c2ccccc12)NC(=O)C(CC(C)(C)C)NC(=O)N1C(C)CCCC1C)C(=O)OCCCON(O)O. The molecule has 1 aromatic carbocycles. The maximum atomic E-state index is 14.2. The number of amides is 4. The number of benzene rings is 1. The fraction of sp³-hybridized carbons (Fsp3) is 0.649. The molecule has 0 spiro atoms. The van der Waals surface area contributed by atoms with E-state index in [-0.39, 0.29) is 62.4 Å². The van der Waals surface area contributed by atoms with Gasteiger partial charge in [-0.15, -0.1) is 0 Å². The Hall–Kier alpha value is -4.25. The van der Waals surface area contributed by atoms with E-state index in [0.717, 1.165) is 25.7 Å². The Morgan fingerprint density at radius 2 is 1.57 bits per heavy atom. The highest BCUT2D eigenvalue weighted by atomic mass is 17.1. The topological polar surface area (TPSA) is 201 Å². The Balaban J connectivity index is 1.95. The molecule has 0 bridgehead atoms. The van der Waals surface area contributed by atoms with Crippen LogP contribution in [0.4, 0.5) is 9.59 Å². The highest BCUT2D eigenvalue weighted by Gasteiger charge is 2.36. The number of ether oxygens (including phenoxy) is 2. The van der Waals surface area contributed by atoms with Crippen molar-refractivity contribution >= 4 is 40.8 Å². The number of rotatable bonds is 17. The first-order valence-electron chi connectivity index (χ1n) is 18.4. The highest BCUT2D eigenvalue weighted by Crippen LogP contribution is 2.26. The summed E-state index contributed by atoms with van der Waals surface area (Å²) in [7, 11) is 1.26. The smallest absolute Gasteiger partial charge is 0.418 e. The number of methoxy groups -OCH3 is 1. The van der Waals surface area contributed by atoms with Crippen LogP contribution >= 0.6 is 0 Å². The van der Waals surface area contributed by atoms with Crippen LogP contribution < -0.4 is 16.0 Å². The first kappa shape index (κ1) is 43.2. The number of aromatic nitrogens is 1. The van der Waals surface area contributed by atoms with Gasteiger partial charge in [-0.2, -0.15) is 0 Å². The maximum Gasteiger partial charge on any atom is 0.418 e. The molecule has 5 N–H and O–H groups in total. The van der Waals surface area contributed by atoms with Crippen molar-refractivity contribution in [1.82, 2.24) is 30.8 Å². The standard InChI is InChI=1S/C37H58N6O10/c1-8-9-17-28(34(46)52-19-13-20-53-43(49)50)38-32(44)29(21-26-23-41(36(48)51-7)31-18-11-10-16-27(26)31)39-33(45)30(22-37(4,5)6)40-35(47)42-24(2)14-12-15-25(42)3/h10-11,16,18,23-25,28-30,49-50H,8-9,12-15,17,19-22H2,1-7H3,(H,38,44)(H,39,45)(H,40,47). The summed E-state index contributed by atoms with van der Waals surface area (Å²) < 4.78 is 11.7. The number of carbonyl (C=O) groups is 5. The third kappa shape index (κ3) is 13.0. The molecule has 16 nitrogen and oxygen atoms in total. The summed E-state index contributed by atoms with van der Waals surface area (Å²) in [6.07, 6.45) is 5.58. The molecule has 0 aliphatic carbocycles. The zero-order valence-electron chi connectivity index (χ0n) is 32.1. The van der Waals surface area contributed by atoms with Gasteiger partial charge < -0.3 is 30.3 Å². The van der Waals surface area contributed by atoms with Crippen molar-refractivity contribution < 1.29 is 48.7 Å². The van der Waals surface area contributed by atoms with Gasteiger partial charge in [0.2, 0.25) is 11.8 Å². The van der Waals surface area contributed by atoms with Crippen LogP contribution in [0.25, 0.3) is 10.9 Å². The van der Waals surface area contributed by atoms with Crippen LogP contribution in [0.3, 0.4) is 0 Å². The minimum Gasteiger partial charge on any atom is -0.464 e. The van der Waals surface area contributed by atoms with Crippen LogP contribution in [-0.2, 0) is 35.1 Å². The minimum atomic E-state index is -1.24. The number of nitrogens with one attached hydrogen (secondary N) is 3. The van der Waals surface area contributed by atoms with Crippen molar-refractivity contribution in [2.45, 2.75) is 130 Å². The van der Waals surface area contributed by atoms with Crippen molar-refractivity contribution in [2.75, 3.05) is 20.3 Å². The molecule has 2 heterocycles. The van der Waals surface area contributed by atoms with Crippen molar-refractivity contribution in [3.8, 4) is 0 Å². The average Bonchev–Trinajstić information content (AvgIpc) is 3.46. The minimum absolute atomic E-state index is 0.00543. The number of para-hydroxylation sites is 1. The van der Waals surface area contributed by atoms with Crippen LogP contribution in [0.1, 0.15) is 98.5 Å². The Kier molecular flexibility index (Phi) is 16.5. The van der Waals surface area contributed by atoms with E-state index in [1.54, 1.807) is 35.4 Å². The molecule has 1 aromatic heterocycles. The number of unbranched alkanes of at least 4 members (excludes halogenated alkanes) is 1. The van der Waals surface area contributed by atoms with E-state index in [2.05, 4.69) is 20.8 Å². The number of hydrogen-bond acceptors (Lipinski definition) is 11. The Labute approximate surface area is 311 Å². The molecule has 1 saturated heterocycles. The number of carbonyl (C=O) groups excluding carboxylic acids is 5. The molecule has 296 valence electrons. The van der Waals surface area contributed by atoms with Gasteiger partial charge in [0.05, 0.1) is 31.2 Å². The van der Waals surface area contributed by atoms with Gasteiger partial charge in [0.1, 0.15) is 18.1 Å². The molecular weight excluding hydrogens is 688 g/mol. The van der Waals surface area contributed by atoms with E-state index in [9.17, 15) is 24.0 Å². The van der Waals surface area contributed by atoms with Gasteiger partial charge in [0, 0.05) is 36.5 Å². The van der Waals surface area contributed by atoms with Crippen LogP contribution in [0.5, 0.6) is 0 Å². The van der Waals surface area contributed by atoms with Gasteiger partial charge in [-0.3, -0.25) is 29.4 Å². The monoisotopic (exact) mass is 746 g/mol. The number of nitrogens with zero attached hydrogens (tertiary/aromatic N) is 3. The summed E-state index contributed by atoms with van der Waals surface area (Å²) in [5.41, 5.74) is 0.724. The number of hydrogen-bond donors (Lipinski definition) is 5.